The highest BCUT2D eigenvalue weighted by Crippen LogP contribution is 2.24. The van der Waals surface area contributed by atoms with E-state index in [9.17, 15) is 4.79 Å². The quantitative estimate of drug-likeness (QED) is 0.554. The van der Waals surface area contributed by atoms with Crippen LogP contribution in [0.3, 0.4) is 0 Å². The largest absolute Gasteiger partial charge is 0.340 e. The van der Waals surface area contributed by atoms with Crippen molar-refractivity contribution in [1.29, 1.82) is 0 Å². The molecule has 2 aromatic heterocycles. The van der Waals surface area contributed by atoms with E-state index in [1.807, 2.05) is 42.4 Å². The molecule has 0 aliphatic carbocycles. The van der Waals surface area contributed by atoms with Gasteiger partial charge in [-0.05, 0) is 43.5 Å². The van der Waals surface area contributed by atoms with Crippen LogP contribution in [-0.4, -0.2) is 76.3 Å². The van der Waals surface area contributed by atoms with Gasteiger partial charge in [0.25, 0.3) is 5.91 Å². The van der Waals surface area contributed by atoms with Gasteiger partial charge in [0.2, 0.25) is 0 Å². The lowest BCUT2D eigenvalue weighted by Crippen LogP contribution is -2.53. The average molecular weight is 448 g/mol. The van der Waals surface area contributed by atoms with Gasteiger partial charge in [0.05, 0.1) is 5.69 Å². The van der Waals surface area contributed by atoms with Crippen LogP contribution in [0.25, 0.3) is 5.65 Å². The first-order chi connectivity index (χ1) is 15.8. The van der Waals surface area contributed by atoms with Crippen LogP contribution in [0.1, 0.15) is 41.2 Å². The molecule has 3 aromatic rings. The van der Waals surface area contributed by atoms with Gasteiger partial charge in [0.1, 0.15) is 5.65 Å². The van der Waals surface area contributed by atoms with Crippen LogP contribution in [0, 0.1) is 12.8 Å². The lowest BCUT2D eigenvalue weighted by molar-refractivity contribution is 0.0552. The summed E-state index contributed by atoms with van der Waals surface area (Å²) in [6, 6.07) is 14.9. The molecule has 0 spiro atoms. The molecule has 6 heteroatoms. The molecule has 0 unspecified atom stereocenters. The maximum Gasteiger partial charge on any atom is 0.274 e. The fraction of sp³-hybridized carbons (Fsp3) is 0.481. The van der Waals surface area contributed by atoms with Crippen LogP contribution in [0.5, 0.6) is 0 Å². The number of fused-ring (bicyclic) bond motifs is 1. The molecule has 33 heavy (non-hydrogen) atoms. The molecule has 1 atom stereocenters. The number of piperazine rings is 1. The Kier molecular flexibility index (Phi) is 7.15. The molecule has 1 saturated heterocycles. The minimum Gasteiger partial charge on any atom is -0.340 e. The molecule has 1 aliphatic heterocycles. The van der Waals surface area contributed by atoms with Crippen molar-refractivity contribution in [3.63, 3.8) is 0 Å². The maximum absolute atomic E-state index is 13.6. The molecule has 0 saturated carbocycles. The molecule has 0 N–H and O–H groups in total. The third-order valence-electron chi connectivity index (χ3n) is 6.93. The number of nitrogens with zero attached hydrogens (tertiary/aromatic N) is 5. The zero-order valence-corrected chi connectivity index (χ0v) is 20.7. The van der Waals surface area contributed by atoms with Crippen LogP contribution < -0.4 is 0 Å². The summed E-state index contributed by atoms with van der Waals surface area (Å²) >= 11 is 0. The van der Waals surface area contributed by atoms with E-state index < -0.39 is 0 Å². The summed E-state index contributed by atoms with van der Waals surface area (Å²) in [5.74, 6) is 0.542. The number of aryl methyl sites for hydroxylation is 1. The topological polar surface area (TPSA) is 44.1 Å². The van der Waals surface area contributed by atoms with Crippen LogP contribution >= 0.6 is 0 Å². The fourth-order valence-electron chi connectivity index (χ4n) is 4.81. The second-order valence-electron chi connectivity index (χ2n) is 9.80. The summed E-state index contributed by atoms with van der Waals surface area (Å²) < 4.78 is 2.13. The summed E-state index contributed by atoms with van der Waals surface area (Å²) in [6.07, 6.45) is 2.88. The van der Waals surface area contributed by atoms with Gasteiger partial charge >= 0.3 is 0 Å². The molecule has 1 amide bonds. The van der Waals surface area contributed by atoms with Gasteiger partial charge in [0.15, 0.2) is 5.69 Å². The van der Waals surface area contributed by atoms with E-state index in [-0.39, 0.29) is 5.91 Å². The average Bonchev–Trinajstić information content (AvgIpc) is 3.18. The summed E-state index contributed by atoms with van der Waals surface area (Å²) in [7, 11) is 4.08. The van der Waals surface area contributed by atoms with Crippen LogP contribution in [-0.2, 0) is 13.0 Å². The van der Waals surface area contributed by atoms with Crippen molar-refractivity contribution in [3.8, 4) is 0 Å². The first kappa shape index (κ1) is 23.5. The fourth-order valence-corrected chi connectivity index (χ4v) is 4.81. The summed E-state index contributed by atoms with van der Waals surface area (Å²) in [6.45, 7) is 11.1. The molecule has 0 bridgehead atoms. The predicted molar refractivity (Wildman–Crippen MR) is 134 cm³/mol. The predicted octanol–water partition coefficient (Wildman–Crippen LogP) is 3.73. The van der Waals surface area contributed by atoms with E-state index in [0.717, 1.165) is 49.5 Å². The number of carbonyl (C=O) groups is 1. The molecule has 6 nitrogen and oxygen atoms in total. The van der Waals surface area contributed by atoms with Gasteiger partial charge in [-0.2, -0.15) is 0 Å². The number of hydrogen-bond donors (Lipinski definition) is 0. The van der Waals surface area contributed by atoms with Crippen molar-refractivity contribution < 1.29 is 4.79 Å². The van der Waals surface area contributed by atoms with Gasteiger partial charge in [-0.1, -0.05) is 50.2 Å². The first-order valence-electron chi connectivity index (χ1n) is 12.0. The van der Waals surface area contributed by atoms with E-state index >= 15 is 0 Å². The second-order valence-corrected chi connectivity index (χ2v) is 9.80. The van der Waals surface area contributed by atoms with Crippen molar-refractivity contribution in [1.82, 2.24) is 24.1 Å². The Bertz CT molecular complexity index is 1090. The lowest BCUT2D eigenvalue weighted by Gasteiger charge is -2.42. The number of hydrogen-bond acceptors (Lipinski definition) is 4. The second kappa shape index (κ2) is 10.1. The third kappa shape index (κ3) is 5.12. The lowest BCUT2D eigenvalue weighted by atomic mass is 9.99. The van der Waals surface area contributed by atoms with Crippen molar-refractivity contribution in [2.45, 2.75) is 39.8 Å². The van der Waals surface area contributed by atoms with Gasteiger partial charge in [0, 0.05) is 52.0 Å². The normalized spacial score (nSPS) is 17.7. The summed E-state index contributed by atoms with van der Waals surface area (Å²) in [5.41, 5.74) is 4.79. The minimum atomic E-state index is -0.000689. The van der Waals surface area contributed by atoms with Crippen molar-refractivity contribution in [3.05, 3.63) is 71.2 Å². The number of imidazole rings is 1. The van der Waals surface area contributed by atoms with Crippen molar-refractivity contribution in [2.24, 2.45) is 5.92 Å². The van der Waals surface area contributed by atoms with Crippen molar-refractivity contribution in [2.75, 3.05) is 40.3 Å². The van der Waals surface area contributed by atoms with Gasteiger partial charge in [-0.25, -0.2) is 4.98 Å². The number of carbonyl (C=O) groups excluding carboxylic acids is 1. The minimum absolute atomic E-state index is 0.000689. The third-order valence-corrected chi connectivity index (χ3v) is 6.93. The maximum atomic E-state index is 13.6. The highest BCUT2D eigenvalue weighted by molar-refractivity contribution is 5.94. The molecule has 1 aliphatic rings. The Labute approximate surface area is 197 Å². The highest BCUT2D eigenvalue weighted by atomic mass is 16.2. The van der Waals surface area contributed by atoms with E-state index in [0.29, 0.717) is 24.2 Å². The number of rotatable bonds is 7. The number of benzene rings is 1. The number of amides is 1. The first-order valence-corrected chi connectivity index (χ1v) is 12.0. The molecule has 3 heterocycles. The van der Waals surface area contributed by atoms with Crippen molar-refractivity contribution >= 4 is 11.6 Å². The number of likely N-dealkylation sites (N-methyl/N-ethyl adjacent to an activating group) is 2. The Hall–Kier alpha value is -2.70. The smallest absolute Gasteiger partial charge is 0.274 e. The van der Waals surface area contributed by atoms with Gasteiger partial charge < -0.3 is 14.2 Å². The summed E-state index contributed by atoms with van der Waals surface area (Å²) in [5, 5.41) is 0. The Balaban J connectivity index is 1.63. The monoisotopic (exact) mass is 447 g/mol. The Morgan fingerprint density at radius 2 is 1.91 bits per heavy atom. The standard InChI is InChI=1S/C27H37N5O/c1-20(2)23-18-29(4)16-17-31(23)19-24-25(28-26-21(3)10-9-14-32(24)26)27(33)30(5)15-13-22-11-7-6-8-12-22/h6-12,14,20,23H,13,15-19H2,1-5H3/t23-/m1/s1. The van der Waals surface area contributed by atoms with E-state index in [4.69, 9.17) is 4.98 Å². The van der Waals surface area contributed by atoms with Gasteiger partial charge in [-0.15, -0.1) is 0 Å². The molecule has 1 aromatic carbocycles. The van der Waals surface area contributed by atoms with E-state index in [1.165, 1.54) is 5.56 Å². The molecular weight excluding hydrogens is 410 g/mol. The molecular formula is C27H37N5O. The van der Waals surface area contributed by atoms with E-state index in [2.05, 4.69) is 60.2 Å². The molecule has 0 radical (unpaired) electrons. The van der Waals surface area contributed by atoms with E-state index in [1.54, 1.807) is 0 Å². The zero-order valence-electron chi connectivity index (χ0n) is 20.7. The molecule has 1 fully saturated rings. The zero-order chi connectivity index (χ0) is 23.5. The molecule has 4 rings (SSSR count). The van der Waals surface area contributed by atoms with Crippen LogP contribution in [0.15, 0.2) is 48.7 Å². The summed E-state index contributed by atoms with van der Waals surface area (Å²) in [4.78, 5) is 25.2. The SMILES string of the molecule is Cc1cccn2c(CN3CCN(C)C[C@@H]3C(C)C)c(C(=O)N(C)CCc3ccccc3)nc12. The number of aromatic nitrogens is 2. The van der Waals surface area contributed by atoms with Crippen LogP contribution in [0.4, 0.5) is 0 Å². The van der Waals surface area contributed by atoms with Gasteiger partial charge in [-0.3, -0.25) is 9.69 Å². The Morgan fingerprint density at radius 3 is 2.64 bits per heavy atom. The van der Waals surface area contributed by atoms with Crippen LogP contribution in [0.2, 0.25) is 0 Å². The molecule has 176 valence electrons. The Morgan fingerprint density at radius 1 is 1.15 bits per heavy atom. The highest BCUT2D eigenvalue weighted by Gasteiger charge is 2.31. The number of pyridine rings is 1.